The lowest BCUT2D eigenvalue weighted by Gasteiger charge is -2.50. The molecule has 1 unspecified atom stereocenters. The van der Waals surface area contributed by atoms with Gasteiger partial charge in [-0.2, -0.15) is 9.97 Å². The number of rotatable bonds is 4. The van der Waals surface area contributed by atoms with E-state index in [1.54, 1.807) is 12.1 Å². The number of amides is 1. The van der Waals surface area contributed by atoms with Gasteiger partial charge in [0.05, 0.1) is 15.6 Å². The van der Waals surface area contributed by atoms with Gasteiger partial charge < -0.3 is 19.3 Å². The van der Waals surface area contributed by atoms with Gasteiger partial charge in [0.1, 0.15) is 29.7 Å². The molecule has 5 heterocycles. The third-order valence-electron chi connectivity index (χ3n) is 8.57. The maximum Gasteiger partial charge on any atom is 0.410 e. The topological polar surface area (TPSA) is 71.0 Å². The first-order valence-electron chi connectivity index (χ1n) is 13.4. The summed E-state index contributed by atoms with van der Waals surface area (Å²) in [5, 5.41) is 0.587. The summed E-state index contributed by atoms with van der Waals surface area (Å²) < 4.78 is 41.6. The number of anilines is 1. The van der Waals surface area contributed by atoms with Gasteiger partial charge >= 0.3 is 12.1 Å². The molecule has 3 atom stereocenters. The lowest BCUT2D eigenvalue weighted by Crippen LogP contribution is -2.64. The van der Waals surface area contributed by atoms with Crippen LogP contribution in [0.5, 0.6) is 6.01 Å². The standard InChI is InChI=1S/C27H34BrF2N5O3/c1-25(2,3)38-24(36)35-12-9-26(35)8-11-33(15-26)22-18-5-6-19(28)20(30)21(18)31-23(32-22)37-16-27-7-4-10-34(27)14-17(29)13-27/h5-6,17H,4,7-16H2,1-3H3/t17-,26?,27+/m1/s1. The zero-order chi connectivity index (χ0) is 26.9. The second kappa shape index (κ2) is 9.15. The van der Waals surface area contributed by atoms with Crippen molar-refractivity contribution < 1.29 is 23.0 Å². The number of aromatic nitrogens is 2. The fourth-order valence-electron chi connectivity index (χ4n) is 6.66. The maximum absolute atomic E-state index is 15.3. The molecule has 0 saturated carbocycles. The number of fused-ring (bicyclic) bond motifs is 2. The van der Waals surface area contributed by atoms with Crippen LogP contribution in [-0.4, -0.2) is 88.0 Å². The minimum absolute atomic E-state index is 0.0894. The molecule has 11 heteroatoms. The Balaban J connectivity index is 1.29. The molecule has 206 valence electrons. The highest BCUT2D eigenvalue weighted by Gasteiger charge is 2.53. The van der Waals surface area contributed by atoms with Crippen LogP contribution in [0.15, 0.2) is 16.6 Å². The SMILES string of the molecule is CC(C)(C)OC(=O)N1CCC12CCN(c1nc(OC[C@@]34CCCN3C[C@H](F)C4)nc3c(F)c(Br)ccc13)C2. The molecule has 2 aromatic rings. The van der Waals surface area contributed by atoms with Crippen molar-refractivity contribution in [2.75, 3.05) is 44.2 Å². The minimum atomic E-state index is -0.864. The van der Waals surface area contributed by atoms with E-state index in [-0.39, 0.29) is 35.3 Å². The molecule has 1 amide bonds. The van der Waals surface area contributed by atoms with Crippen molar-refractivity contribution in [1.82, 2.24) is 19.8 Å². The molecule has 1 aromatic carbocycles. The molecule has 0 aliphatic carbocycles. The predicted molar refractivity (Wildman–Crippen MR) is 143 cm³/mol. The van der Waals surface area contributed by atoms with Gasteiger partial charge in [-0.15, -0.1) is 0 Å². The molecule has 1 aromatic heterocycles. The van der Waals surface area contributed by atoms with Crippen LogP contribution in [-0.2, 0) is 4.74 Å². The average Bonchev–Trinajstić information content (AvgIpc) is 3.51. The van der Waals surface area contributed by atoms with E-state index in [1.807, 2.05) is 25.7 Å². The molecule has 8 nitrogen and oxygen atoms in total. The first-order chi connectivity index (χ1) is 18.0. The lowest BCUT2D eigenvalue weighted by atomic mass is 9.84. The number of carbonyl (C=O) groups is 1. The van der Waals surface area contributed by atoms with Crippen LogP contribution in [0.3, 0.4) is 0 Å². The van der Waals surface area contributed by atoms with Gasteiger partial charge in [0, 0.05) is 38.0 Å². The van der Waals surface area contributed by atoms with Crippen LogP contribution in [0.1, 0.15) is 52.9 Å². The van der Waals surface area contributed by atoms with Crippen molar-refractivity contribution in [3.8, 4) is 6.01 Å². The molecule has 0 N–H and O–H groups in total. The Hall–Kier alpha value is -2.27. The molecule has 4 aliphatic heterocycles. The van der Waals surface area contributed by atoms with Crippen LogP contribution in [0.2, 0.25) is 0 Å². The van der Waals surface area contributed by atoms with Gasteiger partial charge in [0.25, 0.3) is 0 Å². The third kappa shape index (κ3) is 4.39. The highest BCUT2D eigenvalue weighted by molar-refractivity contribution is 9.10. The van der Waals surface area contributed by atoms with Gasteiger partial charge in [-0.05, 0) is 81.1 Å². The van der Waals surface area contributed by atoms with Gasteiger partial charge in [0.2, 0.25) is 0 Å². The summed E-state index contributed by atoms with van der Waals surface area (Å²) in [5.74, 6) is 0.106. The van der Waals surface area contributed by atoms with Crippen molar-refractivity contribution in [2.45, 2.75) is 75.7 Å². The van der Waals surface area contributed by atoms with E-state index in [0.29, 0.717) is 48.3 Å². The minimum Gasteiger partial charge on any atom is -0.461 e. The van der Waals surface area contributed by atoms with Crippen molar-refractivity contribution in [3.63, 3.8) is 0 Å². The summed E-state index contributed by atoms with van der Waals surface area (Å²) in [6, 6.07) is 3.55. The molecular weight excluding hydrogens is 560 g/mol. The van der Waals surface area contributed by atoms with Gasteiger partial charge in [-0.1, -0.05) is 0 Å². The fraction of sp³-hybridized carbons (Fsp3) is 0.667. The van der Waals surface area contributed by atoms with E-state index < -0.39 is 17.6 Å². The summed E-state index contributed by atoms with van der Waals surface area (Å²) >= 11 is 3.27. The number of ether oxygens (including phenoxy) is 2. The lowest BCUT2D eigenvalue weighted by molar-refractivity contribution is -0.0362. The Bertz CT molecular complexity index is 1280. The molecule has 4 aliphatic rings. The summed E-state index contributed by atoms with van der Waals surface area (Å²) in [4.78, 5) is 28.2. The van der Waals surface area contributed by atoms with Crippen molar-refractivity contribution in [2.24, 2.45) is 0 Å². The van der Waals surface area contributed by atoms with Crippen molar-refractivity contribution in [1.29, 1.82) is 0 Å². The number of hydrogen-bond donors (Lipinski definition) is 0. The largest absolute Gasteiger partial charge is 0.461 e. The number of alkyl halides is 1. The molecular formula is C27H34BrF2N5O3. The maximum atomic E-state index is 15.3. The Kier molecular flexibility index (Phi) is 6.25. The molecule has 0 bridgehead atoms. The number of carbonyl (C=O) groups excluding carboxylic acids is 1. The van der Waals surface area contributed by atoms with Crippen LogP contribution in [0, 0.1) is 5.82 Å². The molecule has 0 radical (unpaired) electrons. The number of likely N-dealkylation sites (tertiary alicyclic amines) is 1. The highest BCUT2D eigenvalue weighted by atomic mass is 79.9. The zero-order valence-electron chi connectivity index (χ0n) is 22.1. The van der Waals surface area contributed by atoms with Crippen molar-refractivity contribution >= 4 is 38.7 Å². The van der Waals surface area contributed by atoms with Gasteiger partial charge in [0.15, 0.2) is 5.82 Å². The highest BCUT2D eigenvalue weighted by Crippen LogP contribution is 2.44. The van der Waals surface area contributed by atoms with E-state index in [0.717, 1.165) is 32.2 Å². The molecule has 4 saturated heterocycles. The van der Waals surface area contributed by atoms with Crippen LogP contribution < -0.4 is 9.64 Å². The zero-order valence-corrected chi connectivity index (χ0v) is 23.7. The number of halogens is 3. The average molecular weight is 595 g/mol. The monoisotopic (exact) mass is 593 g/mol. The quantitative estimate of drug-likeness (QED) is 0.490. The number of nitrogens with zero attached hydrogens (tertiary/aromatic N) is 5. The third-order valence-corrected chi connectivity index (χ3v) is 9.18. The predicted octanol–water partition coefficient (Wildman–Crippen LogP) is 5.08. The van der Waals surface area contributed by atoms with Crippen LogP contribution in [0.25, 0.3) is 10.9 Å². The molecule has 6 rings (SSSR count). The second-order valence-corrected chi connectivity index (χ2v) is 13.1. The van der Waals surface area contributed by atoms with Gasteiger partial charge in [-0.25, -0.2) is 13.6 Å². The van der Waals surface area contributed by atoms with E-state index in [2.05, 4.69) is 30.7 Å². The van der Waals surface area contributed by atoms with E-state index >= 15 is 4.39 Å². The first kappa shape index (κ1) is 26.0. The van der Waals surface area contributed by atoms with Crippen LogP contribution in [0.4, 0.5) is 19.4 Å². The Morgan fingerprint density at radius 1 is 1.18 bits per heavy atom. The molecule has 38 heavy (non-hydrogen) atoms. The fourth-order valence-corrected chi connectivity index (χ4v) is 6.98. The Morgan fingerprint density at radius 2 is 1.97 bits per heavy atom. The van der Waals surface area contributed by atoms with Crippen molar-refractivity contribution in [3.05, 3.63) is 22.4 Å². The van der Waals surface area contributed by atoms with Gasteiger partial charge in [-0.3, -0.25) is 4.90 Å². The van der Waals surface area contributed by atoms with E-state index in [1.165, 1.54) is 0 Å². The smallest absolute Gasteiger partial charge is 0.410 e. The molecule has 4 fully saturated rings. The van der Waals surface area contributed by atoms with Crippen LogP contribution >= 0.6 is 15.9 Å². The Morgan fingerprint density at radius 3 is 2.71 bits per heavy atom. The van der Waals surface area contributed by atoms with E-state index in [4.69, 9.17) is 14.5 Å². The van der Waals surface area contributed by atoms with E-state index in [9.17, 15) is 9.18 Å². The Labute approximate surface area is 229 Å². The summed E-state index contributed by atoms with van der Waals surface area (Å²) in [5.41, 5.74) is -1.08. The normalized spacial score (nSPS) is 29.3. The number of benzene rings is 1. The summed E-state index contributed by atoms with van der Waals surface area (Å²) in [6.45, 7) is 9.02. The summed E-state index contributed by atoms with van der Waals surface area (Å²) in [6.07, 6.45) is 2.77. The molecule has 1 spiro atoms. The second-order valence-electron chi connectivity index (χ2n) is 12.2. The number of hydrogen-bond acceptors (Lipinski definition) is 7. The summed E-state index contributed by atoms with van der Waals surface area (Å²) in [7, 11) is 0. The first-order valence-corrected chi connectivity index (χ1v) is 14.2.